The van der Waals surface area contributed by atoms with Gasteiger partial charge in [0, 0.05) is 26.2 Å². The van der Waals surface area contributed by atoms with E-state index in [-0.39, 0.29) is 12.8 Å². The molecule has 5 heteroatoms. The van der Waals surface area contributed by atoms with E-state index in [1.807, 2.05) is 24.1 Å². The molecule has 0 spiro atoms. The van der Waals surface area contributed by atoms with Gasteiger partial charge in [0.1, 0.15) is 0 Å². The van der Waals surface area contributed by atoms with Crippen molar-refractivity contribution in [1.29, 1.82) is 0 Å². The van der Waals surface area contributed by atoms with Crippen LogP contribution in [0.25, 0.3) is 0 Å². The molecule has 1 unspecified atom stereocenters. The molecule has 0 saturated heterocycles. The summed E-state index contributed by atoms with van der Waals surface area (Å²) in [6.45, 7) is 0.402. The average Bonchev–Trinajstić information content (AvgIpc) is 2.27. The third-order valence-corrected chi connectivity index (χ3v) is 2.26. The summed E-state index contributed by atoms with van der Waals surface area (Å²) in [5.74, 6) is -0.886. The van der Waals surface area contributed by atoms with E-state index >= 15 is 0 Å². The number of aliphatic hydroxyl groups is 1. The van der Waals surface area contributed by atoms with Crippen LogP contribution >= 0.6 is 0 Å². The molecule has 1 aromatic heterocycles. The Hall–Kier alpha value is -1.62. The highest BCUT2D eigenvalue weighted by Crippen LogP contribution is 2.10. The number of pyridine rings is 1. The van der Waals surface area contributed by atoms with Crippen molar-refractivity contribution in [3.8, 4) is 0 Å². The molecule has 0 aliphatic carbocycles. The van der Waals surface area contributed by atoms with Gasteiger partial charge >= 0.3 is 5.97 Å². The van der Waals surface area contributed by atoms with Crippen molar-refractivity contribution in [2.24, 2.45) is 0 Å². The Labute approximate surface area is 94.4 Å². The molecule has 0 aliphatic rings. The number of rotatable bonds is 6. The summed E-state index contributed by atoms with van der Waals surface area (Å²) in [6.07, 6.45) is 2.99. The van der Waals surface area contributed by atoms with Crippen LogP contribution in [0.15, 0.2) is 24.5 Å². The van der Waals surface area contributed by atoms with E-state index in [0.29, 0.717) is 6.54 Å². The maximum absolute atomic E-state index is 10.3. The topological polar surface area (TPSA) is 73.7 Å². The predicted molar refractivity (Wildman–Crippen MR) is 60.4 cm³/mol. The number of carboxylic acids is 1. The molecule has 2 N–H and O–H groups in total. The zero-order valence-corrected chi connectivity index (χ0v) is 9.21. The lowest BCUT2D eigenvalue weighted by atomic mass is 10.2. The number of nitrogens with zero attached hydrogens (tertiary/aromatic N) is 2. The van der Waals surface area contributed by atoms with Crippen LogP contribution in [0.5, 0.6) is 0 Å². The van der Waals surface area contributed by atoms with Crippen molar-refractivity contribution in [2.45, 2.75) is 18.9 Å². The smallest absolute Gasteiger partial charge is 0.303 e. The predicted octanol–water partition coefficient (Wildman–Crippen LogP) is 0.743. The van der Waals surface area contributed by atoms with E-state index in [1.54, 1.807) is 12.4 Å². The fourth-order valence-electron chi connectivity index (χ4n) is 1.38. The van der Waals surface area contributed by atoms with Gasteiger partial charge < -0.3 is 15.1 Å². The quantitative estimate of drug-likeness (QED) is 0.745. The molecule has 0 fully saturated rings. The first-order valence-corrected chi connectivity index (χ1v) is 5.10. The van der Waals surface area contributed by atoms with Gasteiger partial charge in [0.25, 0.3) is 0 Å². The second-order valence-corrected chi connectivity index (χ2v) is 3.68. The third-order valence-electron chi connectivity index (χ3n) is 2.26. The molecule has 1 atom stereocenters. The summed E-state index contributed by atoms with van der Waals surface area (Å²) in [4.78, 5) is 16.1. The Balaban J connectivity index is 2.39. The maximum Gasteiger partial charge on any atom is 0.303 e. The highest BCUT2D eigenvalue weighted by atomic mass is 16.4. The number of carboxylic acid groups (broad SMARTS) is 1. The van der Waals surface area contributed by atoms with Crippen LogP contribution in [-0.2, 0) is 4.79 Å². The molecule has 0 bridgehead atoms. The first kappa shape index (κ1) is 12.4. The number of hydrogen-bond donors (Lipinski definition) is 2. The number of likely N-dealkylation sites (N-methyl/N-ethyl adjacent to an activating group) is 1. The standard InChI is InChI=1S/C11H16N2O3/c1-13(9-3-2-6-12-7-9)8-10(14)4-5-11(15)16/h2-3,6-7,10,14H,4-5,8H2,1H3,(H,15,16). The van der Waals surface area contributed by atoms with Gasteiger partial charge in [-0.1, -0.05) is 0 Å². The van der Waals surface area contributed by atoms with Gasteiger partial charge in [-0.05, 0) is 18.6 Å². The molecule has 88 valence electrons. The fraction of sp³-hybridized carbons (Fsp3) is 0.455. The van der Waals surface area contributed by atoms with E-state index in [0.717, 1.165) is 5.69 Å². The van der Waals surface area contributed by atoms with E-state index < -0.39 is 12.1 Å². The molecule has 0 aromatic carbocycles. The number of carbonyl (C=O) groups is 1. The first-order chi connectivity index (χ1) is 7.59. The van der Waals surface area contributed by atoms with Crippen LogP contribution in [0.4, 0.5) is 5.69 Å². The number of anilines is 1. The van der Waals surface area contributed by atoms with Gasteiger partial charge in [0.05, 0.1) is 18.0 Å². The van der Waals surface area contributed by atoms with Crippen molar-refractivity contribution in [2.75, 3.05) is 18.5 Å². The van der Waals surface area contributed by atoms with Crippen LogP contribution < -0.4 is 4.90 Å². The van der Waals surface area contributed by atoms with Gasteiger partial charge in [0.2, 0.25) is 0 Å². The molecule has 16 heavy (non-hydrogen) atoms. The number of aromatic nitrogens is 1. The summed E-state index contributed by atoms with van der Waals surface area (Å²) in [7, 11) is 1.83. The number of aliphatic hydroxyl groups excluding tert-OH is 1. The molecule has 1 heterocycles. The van der Waals surface area contributed by atoms with Crippen molar-refractivity contribution in [3.05, 3.63) is 24.5 Å². The Kier molecular flexibility index (Phi) is 4.72. The van der Waals surface area contributed by atoms with Crippen molar-refractivity contribution in [3.63, 3.8) is 0 Å². The van der Waals surface area contributed by atoms with E-state index in [2.05, 4.69) is 4.98 Å². The van der Waals surface area contributed by atoms with Gasteiger partial charge in [-0.2, -0.15) is 0 Å². The van der Waals surface area contributed by atoms with Gasteiger partial charge in [-0.15, -0.1) is 0 Å². The van der Waals surface area contributed by atoms with Crippen LogP contribution in [0.1, 0.15) is 12.8 Å². The monoisotopic (exact) mass is 224 g/mol. The minimum Gasteiger partial charge on any atom is -0.481 e. The summed E-state index contributed by atoms with van der Waals surface area (Å²) in [6, 6.07) is 3.70. The van der Waals surface area contributed by atoms with Crippen molar-refractivity contribution < 1.29 is 15.0 Å². The summed E-state index contributed by atoms with van der Waals surface area (Å²) in [5.41, 5.74) is 0.900. The maximum atomic E-state index is 10.3. The normalized spacial score (nSPS) is 12.1. The van der Waals surface area contributed by atoms with E-state index in [9.17, 15) is 9.90 Å². The van der Waals surface area contributed by atoms with Gasteiger partial charge in [-0.3, -0.25) is 9.78 Å². The molecule has 0 saturated carbocycles. The SMILES string of the molecule is CN(CC(O)CCC(=O)O)c1cccnc1. The van der Waals surface area contributed by atoms with E-state index in [4.69, 9.17) is 5.11 Å². The number of hydrogen-bond acceptors (Lipinski definition) is 4. The minimum atomic E-state index is -0.886. The Bertz CT molecular complexity index is 329. The Morgan fingerprint density at radius 1 is 1.62 bits per heavy atom. The lowest BCUT2D eigenvalue weighted by molar-refractivity contribution is -0.137. The second-order valence-electron chi connectivity index (χ2n) is 3.68. The van der Waals surface area contributed by atoms with Crippen LogP contribution in [-0.4, -0.2) is 40.9 Å². The van der Waals surface area contributed by atoms with Gasteiger partial charge in [0.15, 0.2) is 0 Å². The molecule has 0 aliphatic heterocycles. The molecule has 0 amide bonds. The van der Waals surface area contributed by atoms with Gasteiger partial charge in [-0.25, -0.2) is 0 Å². The molecular weight excluding hydrogens is 208 g/mol. The molecule has 0 radical (unpaired) electrons. The zero-order valence-electron chi connectivity index (χ0n) is 9.21. The van der Waals surface area contributed by atoms with Crippen LogP contribution in [0.3, 0.4) is 0 Å². The highest BCUT2D eigenvalue weighted by molar-refractivity contribution is 5.66. The highest BCUT2D eigenvalue weighted by Gasteiger charge is 2.10. The lowest BCUT2D eigenvalue weighted by Gasteiger charge is -2.21. The summed E-state index contributed by atoms with van der Waals surface area (Å²) in [5, 5.41) is 18.1. The lowest BCUT2D eigenvalue weighted by Crippen LogP contribution is -2.29. The molecular formula is C11H16N2O3. The largest absolute Gasteiger partial charge is 0.481 e. The Morgan fingerprint density at radius 2 is 2.38 bits per heavy atom. The van der Waals surface area contributed by atoms with Crippen LogP contribution in [0, 0.1) is 0 Å². The Morgan fingerprint density at radius 3 is 2.94 bits per heavy atom. The first-order valence-electron chi connectivity index (χ1n) is 5.10. The average molecular weight is 224 g/mol. The minimum absolute atomic E-state index is 0.0119. The third kappa shape index (κ3) is 4.27. The van der Waals surface area contributed by atoms with E-state index in [1.165, 1.54) is 0 Å². The second kappa shape index (κ2) is 6.07. The van der Waals surface area contributed by atoms with Crippen molar-refractivity contribution in [1.82, 2.24) is 4.98 Å². The molecule has 1 aromatic rings. The zero-order chi connectivity index (χ0) is 12.0. The number of aliphatic carboxylic acids is 1. The summed E-state index contributed by atoms with van der Waals surface area (Å²) >= 11 is 0. The van der Waals surface area contributed by atoms with Crippen molar-refractivity contribution >= 4 is 11.7 Å². The fourth-order valence-corrected chi connectivity index (χ4v) is 1.38. The molecule has 5 nitrogen and oxygen atoms in total. The summed E-state index contributed by atoms with van der Waals surface area (Å²) < 4.78 is 0. The van der Waals surface area contributed by atoms with Crippen LogP contribution in [0.2, 0.25) is 0 Å². The molecule has 1 rings (SSSR count).